The average molecular weight is 526 g/mol. The maximum Gasteiger partial charge on any atom is 0.434 e. The summed E-state index contributed by atoms with van der Waals surface area (Å²) >= 11 is 0. The van der Waals surface area contributed by atoms with Gasteiger partial charge in [-0.15, -0.1) is 0 Å². The SMILES string of the molecule is CC(C(=O)NO)(c1ccc(-c2noc(-c3cnn(-c4ccccc4)c3C(F)(F)F)n2)cc1)C1CCCCC1. The van der Waals surface area contributed by atoms with Gasteiger partial charge in [0.15, 0.2) is 5.69 Å². The van der Waals surface area contributed by atoms with E-state index in [-0.39, 0.29) is 28.9 Å². The van der Waals surface area contributed by atoms with Crippen molar-refractivity contribution in [1.82, 2.24) is 25.4 Å². The molecule has 5 rings (SSSR count). The third kappa shape index (κ3) is 4.58. The molecule has 1 saturated carbocycles. The minimum atomic E-state index is -4.73. The fourth-order valence-electron chi connectivity index (χ4n) is 5.31. The summed E-state index contributed by atoms with van der Waals surface area (Å²) in [5.41, 5.74) is 0.991. The summed E-state index contributed by atoms with van der Waals surface area (Å²) in [5.74, 6) is -0.634. The third-order valence-corrected chi connectivity index (χ3v) is 7.43. The molecule has 198 valence electrons. The van der Waals surface area contributed by atoms with Crippen LogP contribution in [0.15, 0.2) is 65.3 Å². The number of hydrogen-bond acceptors (Lipinski definition) is 6. The number of rotatable bonds is 6. The molecule has 1 fully saturated rings. The van der Waals surface area contributed by atoms with Crippen LogP contribution in [-0.2, 0) is 16.4 Å². The molecule has 2 N–H and O–H groups in total. The number of para-hydroxylation sites is 1. The number of hydroxylamine groups is 1. The zero-order valence-electron chi connectivity index (χ0n) is 20.6. The van der Waals surface area contributed by atoms with Crippen LogP contribution >= 0.6 is 0 Å². The van der Waals surface area contributed by atoms with Gasteiger partial charge in [-0.1, -0.05) is 66.9 Å². The largest absolute Gasteiger partial charge is 0.434 e. The van der Waals surface area contributed by atoms with Gasteiger partial charge in [-0.3, -0.25) is 10.0 Å². The van der Waals surface area contributed by atoms with Crippen LogP contribution in [0.3, 0.4) is 0 Å². The molecule has 1 aliphatic carbocycles. The van der Waals surface area contributed by atoms with Crippen LogP contribution in [0.25, 0.3) is 28.5 Å². The summed E-state index contributed by atoms with van der Waals surface area (Å²) in [4.78, 5) is 17.0. The van der Waals surface area contributed by atoms with Gasteiger partial charge >= 0.3 is 6.18 Å². The Labute approximate surface area is 216 Å². The first-order chi connectivity index (χ1) is 18.2. The number of aromatic nitrogens is 4. The van der Waals surface area contributed by atoms with Crippen LogP contribution in [0, 0.1) is 5.92 Å². The van der Waals surface area contributed by atoms with E-state index in [0.29, 0.717) is 11.1 Å². The molecule has 0 radical (unpaired) electrons. The third-order valence-electron chi connectivity index (χ3n) is 7.43. The van der Waals surface area contributed by atoms with Crippen LogP contribution in [0.2, 0.25) is 0 Å². The van der Waals surface area contributed by atoms with E-state index < -0.39 is 23.2 Å². The quantitative estimate of drug-likeness (QED) is 0.238. The minimum absolute atomic E-state index is 0.0629. The predicted octanol–water partition coefficient (Wildman–Crippen LogP) is 5.95. The lowest BCUT2D eigenvalue weighted by Crippen LogP contribution is -2.47. The molecule has 0 spiro atoms. The maximum atomic E-state index is 14.0. The Kier molecular flexibility index (Phi) is 6.78. The summed E-state index contributed by atoms with van der Waals surface area (Å²) in [6.45, 7) is 1.82. The van der Waals surface area contributed by atoms with Crippen molar-refractivity contribution in [3.05, 3.63) is 72.1 Å². The first-order valence-electron chi connectivity index (χ1n) is 12.3. The van der Waals surface area contributed by atoms with Gasteiger partial charge in [0.25, 0.3) is 11.8 Å². The molecule has 1 amide bonds. The molecule has 2 heterocycles. The average Bonchev–Trinajstić information content (AvgIpc) is 3.61. The molecule has 11 heteroatoms. The van der Waals surface area contributed by atoms with Crippen molar-refractivity contribution in [2.75, 3.05) is 0 Å². The van der Waals surface area contributed by atoms with Crippen LogP contribution < -0.4 is 5.48 Å². The van der Waals surface area contributed by atoms with Gasteiger partial charge in [0, 0.05) is 5.56 Å². The van der Waals surface area contributed by atoms with E-state index in [2.05, 4.69) is 15.2 Å². The molecular weight excluding hydrogens is 499 g/mol. The zero-order valence-corrected chi connectivity index (χ0v) is 20.6. The first kappa shape index (κ1) is 25.7. The topological polar surface area (TPSA) is 106 Å². The molecule has 8 nitrogen and oxygen atoms in total. The Balaban J connectivity index is 1.47. The number of carbonyl (C=O) groups is 1. The number of benzene rings is 2. The van der Waals surface area contributed by atoms with Crippen molar-refractivity contribution in [2.45, 2.75) is 50.6 Å². The van der Waals surface area contributed by atoms with Crippen molar-refractivity contribution in [1.29, 1.82) is 0 Å². The van der Waals surface area contributed by atoms with Gasteiger partial charge in [-0.05, 0) is 43.4 Å². The predicted molar refractivity (Wildman–Crippen MR) is 131 cm³/mol. The van der Waals surface area contributed by atoms with Gasteiger partial charge in [0.05, 0.1) is 22.9 Å². The summed E-state index contributed by atoms with van der Waals surface area (Å²) in [6, 6.07) is 14.9. The second-order valence-electron chi connectivity index (χ2n) is 9.63. The first-order valence-corrected chi connectivity index (χ1v) is 12.3. The Bertz CT molecular complexity index is 1410. The molecule has 1 aliphatic rings. The minimum Gasteiger partial charge on any atom is -0.333 e. The van der Waals surface area contributed by atoms with Crippen LogP contribution in [0.1, 0.15) is 50.3 Å². The van der Waals surface area contributed by atoms with E-state index in [4.69, 9.17) is 4.52 Å². The second kappa shape index (κ2) is 10.1. The summed E-state index contributed by atoms with van der Waals surface area (Å²) < 4.78 is 48.2. The molecular formula is C27H26F3N5O3. The highest BCUT2D eigenvalue weighted by molar-refractivity contribution is 5.87. The molecule has 0 bridgehead atoms. The zero-order chi connectivity index (χ0) is 26.9. The molecule has 0 saturated heterocycles. The Morgan fingerprint density at radius 2 is 1.74 bits per heavy atom. The van der Waals surface area contributed by atoms with Gasteiger partial charge < -0.3 is 4.52 Å². The molecule has 1 unspecified atom stereocenters. The Hall–Kier alpha value is -3.99. The molecule has 2 aromatic heterocycles. The number of amides is 1. The van der Waals surface area contributed by atoms with E-state index in [0.717, 1.165) is 43.0 Å². The van der Waals surface area contributed by atoms with Gasteiger partial charge in [0.1, 0.15) is 0 Å². The van der Waals surface area contributed by atoms with E-state index in [1.807, 2.05) is 12.4 Å². The van der Waals surface area contributed by atoms with E-state index in [9.17, 15) is 23.2 Å². The fourth-order valence-corrected chi connectivity index (χ4v) is 5.31. The molecule has 2 aromatic carbocycles. The lowest BCUT2D eigenvalue weighted by atomic mass is 9.65. The lowest BCUT2D eigenvalue weighted by molar-refractivity contribution is -0.142. The van der Waals surface area contributed by atoms with Crippen molar-refractivity contribution >= 4 is 5.91 Å². The monoisotopic (exact) mass is 525 g/mol. The van der Waals surface area contributed by atoms with Crippen LogP contribution in [0.5, 0.6) is 0 Å². The molecule has 4 aromatic rings. The van der Waals surface area contributed by atoms with Crippen LogP contribution in [-0.4, -0.2) is 31.0 Å². The summed E-state index contributed by atoms with van der Waals surface area (Å²) in [6.07, 6.45) is 1.23. The molecule has 1 atom stereocenters. The maximum absolute atomic E-state index is 14.0. The highest BCUT2D eigenvalue weighted by atomic mass is 19.4. The number of halogens is 3. The standard InChI is InChI=1S/C27H26F3N5O3/c1-26(25(36)33-37,18-8-4-2-5-9-18)19-14-12-17(13-15-19)23-32-24(38-34-23)21-16-31-35(22(21)27(28,29)30)20-10-6-3-7-11-20/h3,6-7,10-16,18,37H,2,4-5,8-9H2,1H3,(H,33,36). The number of alkyl halides is 3. The Morgan fingerprint density at radius 1 is 1.05 bits per heavy atom. The van der Waals surface area contributed by atoms with Crippen molar-refractivity contribution < 1.29 is 27.7 Å². The van der Waals surface area contributed by atoms with E-state index in [1.165, 1.54) is 12.1 Å². The van der Waals surface area contributed by atoms with Crippen molar-refractivity contribution in [2.24, 2.45) is 5.92 Å². The van der Waals surface area contributed by atoms with E-state index >= 15 is 0 Å². The smallest absolute Gasteiger partial charge is 0.333 e. The van der Waals surface area contributed by atoms with Crippen molar-refractivity contribution in [3.63, 3.8) is 0 Å². The number of hydrogen-bond donors (Lipinski definition) is 2. The number of carbonyl (C=O) groups excluding carboxylic acids is 1. The number of nitrogens with zero attached hydrogens (tertiary/aromatic N) is 4. The highest BCUT2D eigenvalue weighted by Crippen LogP contribution is 2.42. The van der Waals surface area contributed by atoms with Gasteiger partial charge in [-0.2, -0.15) is 23.3 Å². The molecule has 0 aliphatic heterocycles. The van der Waals surface area contributed by atoms with Crippen molar-refractivity contribution in [3.8, 4) is 28.5 Å². The molecule has 38 heavy (non-hydrogen) atoms. The summed E-state index contributed by atoms with van der Waals surface area (Å²) in [7, 11) is 0. The lowest BCUT2D eigenvalue weighted by Gasteiger charge is -2.38. The fraction of sp³-hybridized carbons (Fsp3) is 0.333. The highest BCUT2D eigenvalue weighted by Gasteiger charge is 2.43. The Morgan fingerprint density at radius 3 is 2.37 bits per heavy atom. The van der Waals surface area contributed by atoms with E-state index in [1.54, 1.807) is 42.5 Å². The van der Waals surface area contributed by atoms with Crippen LogP contribution in [0.4, 0.5) is 13.2 Å². The van der Waals surface area contributed by atoms with Gasteiger partial charge in [0.2, 0.25) is 5.82 Å². The summed E-state index contributed by atoms with van der Waals surface area (Å²) in [5, 5.41) is 17.3. The normalized spacial score (nSPS) is 16.2. The second-order valence-corrected chi connectivity index (χ2v) is 9.63. The number of nitrogens with one attached hydrogen (secondary N) is 1. The van der Waals surface area contributed by atoms with Gasteiger partial charge in [-0.25, -0.2) is 10.2 Å².